The van der Waals surface area contributed by atoms with Crippen LogP contribution < -0.4 is 5.73 Å². The number of aryl methyl sites for hydroxylation is 1. The van der Waals surface area contributed by atoms with Gasteiger partial charge in [0.1, 0.15) is 5.82 Å². The van der Waals surface area contributed by atoms with Gasteiger partial charge in [0.15, 0.2) is 0 Å². The van der Waals surface area contributed by atoms with Gasteiger partial charge in [0.05, 0.1) is 0 Å². The highest BCUT2D eigenvalue weighted by molar-refractivity contribution is 5.06. The smallest absolute Gasteiger partial charge is 0.108 e. The molecule has 0 aliphatic rings. The molecule has 1 aromatic heterocycles. The first kappa shape index (κ1) is 10.3. The minimum absolute atomic E-state index is 0.706. The second kappa shape index (κ2) is 5.02. The zero-order valence-corrected chi connectivity index (χ0v) is 8.58. The summed E-state index contributed by atoms with van der Waals surface area (Å²) in [6.07, 6.45) is 5.11. The van der Waals surface area contributed by atoms with E-state index < -0.39 is 0 Å². The lowest BCUT2D eigenvalue weighted by atomic mass is 10.3. The molecule has 0 unspecified atom stereocenters. The Morgan fingerprint density at radius 1 is 1.38 bits per heavy atom. The Kier molecular flexibility index (Phi) is 3.96. The van der Waals surface area contributed by atoms with Crippen molar-refractivity contribution >= 4 is 0 Å². The van der Waals surface area contributed by atoms with Crippen LogP contribution in [0.15, 0.2) is 6.20 Å². The Morgan fingerprint density at radius 2 is 2.15 bits per heavy atom. The van der Waals surface area contributed by atoms with Crippen molar-refractivity contribution < 1.29 is 0 Å². The summed E-state index contributed by atoms with van der Waals surface area (Å²) in [6.45, 7) is 6.04. The van der Waals surface area contributed by atoms with Crippen LogP contribution in [0.5, 0.6) is 0 Å². The van der Waals surface area contributed by atoms with E-state index in [1.807, 2.05) is 6.20 Å². The monoisotopic (exact) mass is 181 g/mol. The maximum Gasteiger partial charge on any atom is 0.108 e. The highest BCUT2D eigenvalue weighted by Gasteiger charge is 2.05. The molecule has 3 nitrogen and oxygen atoms in total. The summed E-state index contributed by atoms with van der Waals surface area (Å²) in [7, 11) is 0. The summed E-state index contributed by atoms with van der Waals surface area (Å²) in [4.78, 5) is 4.40. The van der Waals surface area contributed by atoms with Crippen LogP contribution in [0.1, 0.15) is 31.8 Å². The molecule has 0 aliphatic heterocycles. The molecule has 1 heterocycles. The van der Waals surface area contributed by atoms with Gasteiger partial charge in [0.25, 0.3) is 0 Å². The van der Waals surface area contributed by atoms with Gasteiger partial charge in [0, 0.05) is 31.3 Å². The molecule has 1 aromatic rings. The molecule has 13 heavy (non-hydrogen) atoms. The molecule has 0 aromatic carbocycles. The van der Waals surface area contributed by atoms with E-state index in [2.05, 4.69) is 23.4 Å². The van der Waals surface area contributed by atoms with Gasteiger partial charge in [-0.3, -0.25) is 0 Å². The third-order valence-electron chi connectivity index (χ3n) is 2.21. The molecule has 0 saturated carbocycles. The van der Waals surface area contributed by atoms with Crippen molar-refractivity contribution in [3.63, 3.8) is 0 Å². The van der Waals surface area contributed by atoms with Gasteiger partial charge in [-0.25, -0.2) is 4.98 Å². The van der Waals surface area contributed by atoms with Gasteiger partial charge in [-0.2, -0.15) is 0 Å². The molecule has 0 amide bonds. The maximum absolute atomic E-state index is 5.53. The van der Waals surface area contributed by atoms with Gasteiger partial charge in [0.2, 0.25) is 0 Å². The average Bonchev–Trinajstić information content (AvgIpc) is 2.49. The van der Waals surface area contributed by atoms with Crippen molar-refractivity contribution in [3.05, 3.63) is 17.7 Å². The molecule has 0 radical (unpaired) electrons. The first-order chi connectivity index (χ1) is 6.33. The molecular formula is C10H19N3. The number of nitrogens with zero attached hydrogens (tertiary/aromatic N) is 2. The largest absolute Gasteiger partial charge is 0.332 e. The first-order valence-corrected chi connectivity index (χ1v) is 5.06. The zero-order chi connectivity index (χ0) is 9.68. The Labute approximate surface area is 80.0 Å². The van der Waals surface area contributed by atoms with Crippen molar-refractivity contribution in [2.24, 2.45) is 5.73 Å². The molecule has 0 aliphatic carbocycles. The van der Waals surface area contributed by atoms with E-state index in [1.165, 1.54) is 11.5 Å². The lowest BCUT2D eigenvalue weighted by Crippen LogP contribution is -2.10. The first-order valence-electron chi connectivity index (χ1n) is 5.06. The molecule has 0 spiro atoms. The van der Waals surface area contributed by atoms with Crippen molar-refractivity contribution in [1.29, 1.82) is 0 Å². The number of hydrogen-bond acceptors (Lipinski definition) is 2. The fourth-order valence-corrected chi connectivity index (χ4v) is 1.61. The fourth-order valence-electron chi connectivity index (χ4n) is 1.61. The second-order valence-electron chi connectivity index (χ2n) is 3.20. The van der Waals surface area contributed by atoms with Crippen molar-refractivity contribution in [1.82, 2.24) is 9.55 Å². The summed E-state index contributed by atoms with van der Waals surface area (Å²) in [5.41, 5.74) is 6.80. The third kappa shape index (κ3) is 2.31. The standard InChI is InChI=1S/C10H19N3/c1-3-5-10-12-8-9(6-7-11)13(10)4-2/h8H,3-7,11H2,1-2H3. The number of aromatic nitrogens is 2. The topological polar surface area (TPSA) is 43.8 Å². The quantitative estimate of drug-likeness (QED) is 0.745. The number of rotatable bonds is 5. The molecule has 0 atom stereocenters. The second-order valence-corrected chi connectivity index (χ2v) is 3.20. The minimum atomic E-state index is 0.706. The highest BCUT2D eigenvalue weighted by Crippen LogP contribution is 2.07. The van der Waals surface area contributed by atoms with E-state index in [0.29, 0.717) is 6.54 Å². The van der Waals surface area contributed by atoms with Crippen LogP contribution in [0.3, 0.4) is 0 Å². The van der Waals surface area contributed by atoms with E-state index in [9.17, 15) is 0 Å². The number of hydrogen-bond donors (Lipinski definition) is 1. The van der Waals surface area contributed by atoms with E-state index in [1.54, 1.807) is 0 Å². The van der Waals surface area contributed by atoms with E-state index in [-0.39, 0.29) is 0 Å². The molecule has 74 valence electrons. The third-order valence-corrected chi connectivity index (χ3v) is 2.21. The summed E-state index contributed by atoms with van der Waals surface area (Å²) in [6, 6.07) is 0. The van der Waals surface area contributed by atoms with Crippen LogP contribution in [0, 0.1) is 0 Å². The van der Waals surface area contributed by atoms with Gasteiger partial charge in [-0.05, 0) is 19.9 Å². The van der Waals surface area contributed by atoms with Crippen molar-refractivity contribution in [2.45, 2.75) is 39.7 Å². The normalized spacial score (nSPS) is 10.7. The predicted molar refractivity (Wildman–Crippen MR) is 54.7 cm³/mol. The van der Waals surface area contributed by atoms with Gasteiger partial charge in [-0.1, -0.05) is 6.92 Å². The molecular weight excluding hydrogens is 162 g/mol. The molecule has 0 saturated heterocycles. The molecule has 2 N–H and O–H groups in total. The van der Waals surface area contributed by atoms with Gasteiger partial charge in [-0.15, -0.1) is 0 Å². The molecule has 3 heteroatoms. The predicted octanol–water partition coefficient (Wildman–Crippen LogP) is 1.36. The van der Waals surface area contributed by atoms with E-state index in [0.717, 1.165) is 25.8 Å². The van der Waals surface area contributed by atoms with Crippen LogP contribution >= 0.6 is 0 Å². The Balaban J connectivity index is 2.82. The van der Waals surface area contributed by atoms with Crippen molar-refractivity contribution in [2.75, 3.05) is 6.54 Å². The van der Waals surface area contributed by atoms with E-state index >= 15 is 0 Å². The number of nitrogens with two attached hydrogens (primary N) is 1. The fraction of sp³-hybridized carbons (Fsp3) is 0.700. The minimum Gasteiger partial charge on any atom is -0.332 e. The molecule has 0 bridgehead atoms. The van der Waals surface area contributed by atoms with Crippen LogP contribution in [-0.4, -0.2) is 16.1 Å². The summed E-state index contributed by atoms with van der Waals surface area (Å²) >= 11 is 0. The van der Waals surface area contributed by atoms with Crippen LogP contribution in [0.4, 0.5) is 0 Å². The highest BCUT2D eigenvalue weighted by atomic mass is 15.1. The maximum atomic E-state index is 5.53. The van der Waals surface area contributed by atoms with Gasteiger partial charge < -0.3 is 10.3 Å². The van der Waals surface area contributed by atoms with Crippen molar-refractivity contribution in [3.8, 4) is 0 Å². The van der Waals surface area contributed by atoms with Gasteiger partial charge >= 0.3 is 0 Å². The Bertz CT molecular complexity index is 229. The number of imidazole rings is 1. The summed E-state index contributed by atoms with van der Waals surface area (Å²) < 4.78 is 2.27. The SMILES string of the molecule is CCCc1ncc(CCN)n1CC. The van der Waals surface area contributed by atoms with E-state index in [4.69, 9.17) is 5.73 Å². The summed E-state index contributed by atoms with van der Waals surface area (Å²) in [5, 5.41) is 0. The van der Waals surface area contributed by atoms with Crippen LogP contribution in [-0.2, 0) is 19.4 Å². The Hall–Kier alpha value is -0.830. The average molecular weight is 181 g/mol. The lowest BCUT2D eigenvalue weighted by molar-refractivity contribution is 0.651. The van der Waals surface area contributed by atoms with Crippen LogP contribution in [0.25, 0.3) is 0 Å². The zero-order valence-electron chi connectivity index (χ0n) is 8.58. The lowest BCUT2D eigenvalue weighted by Gasteiger charge is -2.07. The van der Waals surface area contributed by atoms with Crippen LogP contribution in [0.2, 0.25) is 0 Å². The molecule has 0 fully saturated rings. The Morgan fingerprint density at radius 3 is 2.69 bits per heavy atom. The summed E-state index contributed by atoms with van der Waals surface area (Å²) in [5.74, 6) is 1.20. The molecule has 1 rings (SSSR count).